The average Bonchev–Trinajstić information content (AvgIpc) is 2.46. The molecule has 0 saturated heterocycles. The van der Waals surface area contributed by atoms with E-state index in [-0.39, 0.29) is 0 Å². The molecule has 0 heterocycles. The molecule has 2 aromatic carbocycles. The summed E-state index contributed by atoms with van der Waals surface area (Å²) in [5.74, 6) is 0. The van der Waals surface area contributed by atoms with Crippen LogP contribution < -0.4 is 0 Å². The van der Waals surface area contributed by atoms with Crippen LogP contribution in [-0.2, 0) is 0 Å². The SMILES string of the molecule is OC(CBr)C(O)c1ccc(-c2ccc(Cl)cc2)cc1. The minimum atomic E-state index is -0.876. The van der Waals surface area contributed by atoms with E-state index in [1.807, 2.05) is 48.5 Å². The fraction of sp³-hybridized carbons (Fsp3) is 0.200. The van der Waals surface area contributed by atoms with Crippen molar-refractivity contribution in [3.05, 3.63) is 59.1 Å². The summed E-state index contributed by atoms with van der Waals surface area (Å²) in [6, 6.07) is 15.1. The van der Waals surface area contributed by atoms with Crippen LogP contribution in [-0.4, -0.2) is 21.6 Å². The van der Waals surface area contributed by atoms with Gasteiger partial charge in [0.05, 0.1) is 6.10 Å². The highest BCUT2D eigenvalue weighted by atomic mass is 79.9. The van der Waals surface area contributed by atoms with Crippen LogP contribution in [0.25, 0.3) is 11.1 Å². The Labute approximate surface area is 125 Å². The molecule has 2 atom stereocenters. The molecule has 0 bridgehead atoms. The van der Waals surface area contributed by atoms with Crippen molar-refractivity contribution in [2.75, 3.05) is 5.33 Å². The van der Waals surface area contributed by atoms with Gasteiger partial charge in [-0.3, -0.25) is 0 Å². The van der Waals surface area contributed by atoms with Crippen molar-refractivity contribution in [2.45, 2.75) is 12.2 Å². The number of aliphatic hydroxyl groups excluding tert-OH is 2. The molecule has 2 aromatic rings. The lowest BCUT2D eigenvalue weighted by molar-refractivity contribution is 0.0343. The molecule has 2 N–H and O–H groups in total. The van der Waals surface area contributed by atoms with Crippen LogP contribution in [0, 0.1) is 0 Å². The Bertz CT molecular complexity index is 525. The smallest absolute Gasteiger partial charge is 0.106 e. The molecule has 0 fully saturated rings. The maximum Gasteiger partial charge on any atom is 0.106 e. The van der Waals surface area contributed by atoms with Crippen molar-refractivity contribution in [2.24, 2.45) is 0 Å². The van der Waals surface area contributed by atoms with Gasteiger partial charge in [-0.15, -0.1) is 0 Å². The maximum absolute atomic E-state index is 9.89. The first kappa shape index (κ1) is 14.5. The first-order chi connectivity index (χ1) is 9.11. The first-order valence-electron chi connectivity index (χ1n) is 5.90. The molecule has 19 heavy (non-hydrogen) atoms. The van der Waals surface area contributed by atoms with Crippen LogP contribution >= 0.6 is 27.5 Å². The molecule has 2 unspecified atom stereocenters. The van der Waals surface area contributed by atoms with Crippen LogP contribution in [0.3, 0.4) is 0 Å². The number of benzene rings is 2. The molecule has 4 heteroatoms. The van der Waals surface area contributed by atoms with Crippen LogP contribution in [0.4, 0.5) is 0 Å². The monoisotopic (exact) mass is 340 g/mol. The average molecular weight is 342 g/mol. The lowest BCUT2D eigenvalue weighted by Gasteiger charge is -2.16. The van der Waals surface area contributed by atoms with Crippen molar-refractivity contribution in [1.82, 2.24) is 0 Å². The second-order valence-electron chi connectivity index (χ2n) is 4.30. The lowest BCUT2D eigenvalue weighted by atomic mass is 10.0. The fourth-order valence-corrected chi connectivity index (χ4v) is 2.30. The molecule has 0 aliphatic carbocycles. The molecule has 0 saturated carbocycles. The van der Waals surface area contributed by atoms with E-state index in [2.05, 4.69) is 15.9 Å². The van der Waals surface area contributed by atoms with Crippen molar-refractivity contribution in [3.8, 4) is 11.1 Å². The largest absolute Gasteiger partial charge is 0.389 e. The Morgan fingerprint density at radius 3 is 1.84 bits per heavy atom. The summed E-state index contributed by atoms with van der Waals surface area (Å²) in [5, 5.41) is 20.5. The third-order valence-corrected chi connectivity index (χ3v) is 3.87. The van der Waals surface area contributed by atoms with E-state index >= 15 is 0 Å². The zero-order valence-corrected chi connectivity index (χ0v) is 12.5. The number of alkyl halides is 1. The predicted octanol–water partition coefficient (Wildman–Crippen LogP) is 3.80. The Morgan fingerprint density at radius 2 is 1.37 bits per heavy atom. The van der Waals surface area contributed by atoms with E-state index in [0.717, 1.165) is 11.1 Å². The predicted molar refractivity (Wildman–Crippen MR) is 81.6 cm³/mol. The summed E-state index contributed by atoms with van der Waals surface area (Å²) in [6.07, 6.45) is -1.68. The van der Waals surface area contributed by atoms with Crippen molar-refractivity contribution in [3.63, 3.8) is 0 Å². The Morgan fingerprint density at radius 1 is 0.895 bits per heavy atom. The summed E-state index contributed by atoms with van der Waals surface area (Å²) < 4.78 is 0. The number of rotatable bonds is 4. The van der Waals surface area contributed by atoms with E-state index in [9.17, 15) is 10.2 Å². The van der Waals surface area contributed by atoms with Gasteiger partial charge < -0.3 is 10.2 Å². The van der Waals surface area contributed by atoms with Gasteiger partial charge >= 0.3 is 0 Å². The van der Waals surface area contributed by atoms with E-state index in [4.69, 9.17) is 11.6 Å². The normalized spacial score (nSPS) is 14.1. The third-order valence-electron chi connectivity index (χ3n) is 2.95. The van der Waals surface area contributed by atoms with Gasteiger partial charge in [-0.2, -0.15) is 0 Å². The molecular formula is C15H14BrClO2. The summed E-state index contributed by atoms with van der Waals surface area (Å²) in [6.45, 7) is 0. The molecule has 2 rings (SSSR count). The molecule has 0 aliphatic rings. The van der Waals surface area contributed by atoms with Gasteiger partial charge in [-0.1, -0.05) is 63.9 Å². The minimum Gasteiger partial charge on any atom is -0.389 e. The van der Waals surface area contributed by atoms with Gasteiger partial charge in [-0.25, -0.2) is 0 Å². The molecular weight excluding hydrogens is 328 g/mol. The van der Waals surface area contributed by atoms with Gasteiger partial charge in [0.25, 0.3) is 0 Å². The molecule has 100 valence electrons. The van der Waals surface area contributed by atoms with Crippen LogP contribution in [0.1, 0.15) is 11.7 Å². The summed E-state index contributed by atoms with van der Waals surface area (Å²) in [7, 11) is 0. The molecule has 0 spiro atoms. The highest BCUT2D eigenvalue weighted by Gasteiger charge is 2.16. The third kappa shape index (κ3) is 3.57. The summed E-state index contributed by atoms with van der Waals surface area (Å²) in [5.41, 5.74) is 2.80. The van der Waals surface area contributed by atoms with Crippen LogP contribution in [0.5, 0.6) is 0 Å². The molecule has 0 amide bonds. The standard InChI is InChI=1S/C15H14BrClO2/c16-9-14(18)15(19)12-3-1-10(2-4-12)11-5-7-13(17)8-6-11/h1-8,14-15,18-19H,9H2. The number of hydrogen-bond donors (Lipinski definition) is 2. The Balaban J connectivity index is 2.21. The first-order valence-corrected chi connectivity index (χ1v) is 7.40. The minimum absolute atomic E-state index is 0.340. The summed E-state index contributed by atoms with van der Waals surface area (Å²) in [4.78, 5) is 0. The van der Waals surface area contributed by atoms with E-state index in [0.29, 0.717) is 15.9 Å². The fourth-order valence-electron chi connectivity index (χ4n) is 1.82. The van der Waals surface area contributed by atoms with Crippen LogP contribution in [0.15, 0.2) is 48.5 Å². The topological polar surface area (TPSA) is 40.5 Å². The summed E-state index contributed by atoms with van der Waals surface area (Å²) >= 11 is 9.00. The highest BCUT2D eigenvalue weighted by Crippen LogP contribution is 2.25. The molecule has 2 nitrogen and oxygen atoms in total. The number of halogens is 2. The highest BCUT2D eigenvalue weighted by molar-refractivity contribution is 9.09. The van der Waals surface area contributed by atoms with E-state index < -0.39 is 12.2 Å². The quantitative estimate of drug-likeness (QED) is 0.831. The Kier molecular flexibility index (Phi) is 4.99. The van der Waals surface area contributed by atoms with Gasteiger partial charge in [0.1, 0.15) is 6.10 Å². The zero-order chi connectivity index (χ0) is 13.8. The molecule has 0 aliphatic heterocycles. The number of hydrogen-bond acceptors (Lipinski definition) is 2. The van der Waals surface area contributed by atoms with E-state index in [1.54, 1.807) is 0 Å². The Hall–Kier alpha value is -0.870. The lowest BCUT2D eigenvalue weighted by Crippen LogP contribution is -2.19. The molecule has 0 aromatic heterocycles. The van der Waals surface area contributed by atoms with Gasteiger partial charge in [-0.05, 0) is 28.8 Å². The second kappa shape index (κ2) is 6.53. The van der Waals surface area contributed by atoms with Gasteiger partial charge in [0, 0.05) is 10.4 Å². The van der Waals surface area contributed by atoms with Gasteiger partial charge in [0.15, 0.2) is 0 Å². The number of aliphatic hydroxyl groups is 2. The molecule has 0 radical (unpaired) electrons. The van der Waals surface area contributed by atoms with Crippen LogP contribution in [0.2, 0.25) is 5.02 Å². The van der Waals surface area contributed by atoms with Crippen molar-refractivity contribution >= 4 is 27.5 Å². The zero-order valence-electron chi connectivity index (χ0n) is 10.1. The van der Waals surface area contributed by atoms with E-state index in [1.165, 1.54) is 0 Å². The second-order valence-corrected chi connectivity index (χ2v) is 5.38. The van der Waals surface area contributed by atoms with Gasteiger partial charge in [0.2, 0.25) is 0 Å². The van der Waals surface area contributed by atoms with Crippen molar-refractivity contribution in [1.29, 1.82) is 0 Å². The van der Waals surface area contributed by atoms with Crippen molar-refractivity contribution < 1.29 is 10.2 Å². The maximum atomic E-state index is 9.89.